The van der Waals surface area contributed by atoms with Crippen molar-refractivity contribution in [2.75, 3.05) is 64.2 Å². The van der Waals surface area contributed by atoms with E-state index >= 15 is 0 Å². The number of para-hydroxylation sites is 1. The van der Waals surface area contributed by atoms with Crippen LogP contribution >= 0.6 is 0 Å². The van der Waals surface area contributed by atoms with Gasteiger partial charge >= 0.3 is 0 Å². The Balaban J connectivity index is 1.09. The van der Waals surface area contributed by atoms with Gasteiger partial charge in [0.2, 0.25) is 5.91 Å². The Morgan fingerprint density at radius 3 is 2.11 bits per heavy atom. The minimum absolute atomic E-state index is 0.220. The number of imidazole rings is 1. The van der Waals surface area contributed by atoms with E-state index in [0.29, 0.717) is 41.2 Å². The molecule has 3 amide bonds. The van der Waals surface area contributed by atoms with Gasteiger partial charge in [-0.05, 0) is 81.3 Å². The van der Waals surface area contributed by atoms with Gasteiger partial charge in [-0.2, -0.15) is 0 Å². The molecule has 0 unspecified atom stereocenters. The summed E-state index contributed by atoms with van der Waals surface area (Å²) in [5.41, 5.74) is 4.09. The lowest BCUT2D eigenvalue weighted by atomic mass is 9.90. The average Bonchev–Trinajstić information content (AvgIpc) is 3.73. The second kappa shape index (κ2) is 20.3. The number of rotatable bonds is 16. The largest absolute Gasteiger partial charge is 0.496 e. The van der Waals surface area contributed by atoms with Crippen LogP contribution in [0.4, 0.5) is 11.4 Å². The molecular formula is C52H59N6O6Si. The average molecular weight is 892 g/mol. The van der Waals surface area contributed by atoms with Crippen LogP contribution in [0.2, 0.25) is 0 Å². The summed E-state index contributed by atoms with van der Waals surface area (Å²) in [6.07, 6.45) is 2.99. The van der Waals surface area contributed by atoms with E-state index in [1.807, 2.05) is 109 Å². The maximum absolute atomic E-state index is 14.2. The molecule has 12 nitrogen and oxygen atoms in total. The number of nitrogens with zero attached hydrogens (tertiary/aromatic N) is 5. The third kappa shape index (κ3) is 10.0. The number of benzene rings is 5. The van der Waals surface area contributed by atoms with Gasteiger partial charge in [-0.1, -0.05) is 93.6 Å². The van der Waals surface area contributed by atoms with Gasteiger partial charge < -0.3 is 33.9 Å². The van der Waals surface area contributed by atoms with Crippen LogP contribution in [0.1, 0.15) is 89.7 Å². The number of amides is 3. The Morgan fingerprint density at radius 1 is 0.800 bits per heavy atom. The van der Waals surface area contributed by atoms with Crippen molar-refractivity contribution in [2.45, 2.75) is 64.5 Å². The lowest BCUT2D eigenvalue weighted by molar-refractivity contribution is -0.132. The van der Waals surface area contributed by atoms with Gasteiger partial charge in [0.1, 0.15) is 22.8 Å². The minimum Gasteiger partial charge on any atom is -0.496 e. The highest BCUT2D eigenvalue weighted by Crippen LogP contribution is 2.43. The number of hydrogen-bond acceptors (Lipinski definition) is 8. The number of aromatic nitrogens is 2. The Labute approximate surface area is 386 Å². The molecule has 2 heterocycles. The molecule has 6 aromatic rings. The van der Waals surface area contributed by atoms with Crippen molar-refractivity contribution < 1.29 is 28.3 Å². The third-order valence-corrected chi connectivity index (χ3v) is 12.3. The third-order valence-electron chi connectivity index (χ3n) is 12.0. The van der Waals surface area contributed by atoms with Crippen molar-refractivity contribution in [3.05, 3.63) is 149 Å². The molecule has 3 radical (unpaired) electrons. The molecule has 1 N–H and O–H groups in total. The van der Waals surface area contributed by atoms with E-state index in [4.69, 9.17) is 18.9 Å². The molecule has 1 aromatic heterocycles. The van der Waals surface area contributed by atoms with Crippen LogP contribution in [-0.2, 0) is 20.4 Å². The predicted molar refractivity (Wildman–Crippen MR) is 257 cm³/mol. The zero-order valence-electron chi connectivity index (χ0n) is 38.5. The van der Waals surface area contributed by atoms with Crippen molar-refractivity contribution in [2.24, 2.45) is 0 Å². The second-order valence-electron chi connectivity index (χ2n) is 17.7. The molecule has 1 saturated heterocycles. The van der Waals surface area contributed by atoms with Gasteiger partial charge in [0.05, 0.1) is 36.2 Å². The van der Waals surface area contributed by atoms with Crippen LogP contribution in [-0.4, -0.2) is 102 Å². The van der Waals surface area contributed by atoms with Crippen LogP contribution < -0.4 is 19.7 Å². The molecule has 0 bridgehead atoms. The Kier molecular flexibility index (Phi) is 14.6. The van der Waals surface area contributed by atoms with Crippen molar-refractivity contribution in [1.82, 2.24) is 19.4 Å². The predicted octanol–water partition coefficient (Wildman–Crippen LogP) is 8.74. The van der Waals surface area contributed by atoms with Crippen molar-refractivity contribution in [3.63, 3.8) is 0 Å². The summed E-state index contributed by atoms with van der Waals surface area (Å²) in [6, 6.07) is 36.2. The number of hydrogen-bond donors (Lipinski definition) is 1. The summed E-state index contributed by atoms with van der Waals surface area (Å²) in [6.45, 7) is 12.1. The molecule has 0 saturated carbocycles. The van der Waals surface area contributed by atoms with E-state index in [-0.39, 0.29) is 23.1 Å². The standard InChI is InChI=1S/C52H59N6O6Si/c1-36-25-28-42(45(34-36)63-33-16-10-15-24-46(59)57-31-29-55(5)30-32-57)56(6)49(61)37-26-27-40(44(35-37)62-7)48(60)53-41-22-17-23-43-47(41)54-50(51(2,3)4)58(43)52(64-65,38-18-11-8-12-19-38)39-20-13-9-14-21-39/h8-9,11-14,17-23,25-28,34-35H,10,15-16,24,29-33H2,1-7H3,(H,53,60). The number of likely N-dealkylation sites (N-methyl/N-ethyl adjacent to an activating group) is 1. The first-order valence-corrected chi connectivity index (χ1v) is 22.6. The van der Waals surface area contributed by atoms with E-state index in [9.17, 15) is 14.4 Å². The number of fused-ring (bicyclic) bond motifs is 1. The first kappa shape index (κ1) is 46.7. The highest BCUT2D eigenvalue weighted by Gasteiger charge is 2.42. The quantitative estimate of drug-likeness (QED) is 0.0758. The number of carbonyl (C=O) groups excluding carboxylic acids is 3. The summed E-state index contributed by atoms with van der Waals surface area (Å²) in [4.78, 5) is 51.9. The molecule has 0 spiro atoms. The number of anilines is 2. The van der Waals surface area contributed by atoms with Crippen molar-refractivity contribution in [1.29, 1.82) is 0 Å². The zero-order chi connectivity index (χ0) is 46.3. The molecule has 65 heavy (non-hydrogen) atoms. The first-order chi connectivity index (χ1) is 31.3. The summed E-state index contributed by atoms with van der Waals surface area (Å²) in [7, 11) is 8.78. The fourth-order valence-electron chi connectivity index (χ4n) is 8.41. The van der Waals surface area contributed by atoms with Gasteiger partial charge in [-0.3, -0.25) is 19.0 Å². The van der Waals surface area contributed by atoms with E-state index < -0.39 is 17.0 Å². The number of nitrogens with one attached hydrogen (secondary N) is 1. The molecule has 1 fully saturated rings. The molecule has 1 aliphatic heterocycles. The molecule has 5 aromatic carbocycles. The van der Waals surface area contributed by atoms with E-state index in [0.717, 1.165) is 73.5 Å². The topological polar surface area (TPSA) is 118 Å². The number of ether oxygens (including phenoxy) is 2. The Hall–Kier alpha value is -6.28. The highest BCUT2D eigenvalue weighted by atomic mass is 28.2. The molecule has 0 atom stereocenters. The van der Waals surface area contributed by atoms with Gasteiger partial charge in [0, 0.05) is 61.8 Å². The second-order valence-corrected chi connectivity index (χ2v) is 17.9. The number of piperazine rings is 1. The zero-order valence-corrected chi connectivity index (χ0v) is 39.5. The van der Waals surface area contributed by atoms with Crippen LogP contribution in [0.15, 0.2) is 115 Å². The summed E-state index contributed by atoms with van der Waals surface area (Å²) in [5.74, 6) is 1.05. The van der Waals surface area contributed by atoms with Crippen LogP contribution in [0.3, 0.4) is 0 Å². The maximum atomic E-state index is 14.2. The summed E-state index contributed by atoms with van der Waals surface area (Å²) in [5, 5.41) is 3.10. The summed E-state index contributed by atoms with van der Waals surface area (Å²) < 4.78 is 20.5. The Bertz CT molecular complexity index is 2580. The van der Waals surface area contributed by atoms with Gasteiger partial charge in [0.25, 0.3) is 22.3 Å². The normalized spacial score (nSPS) is 13.4. The molecular weight excluding hydrogens is 833 g/mol. The van der Waals surface area contributed by atoms with Crippen LogP contribution in [0.25, 0.3) is 11.0 Å². The van der Waals surface area contributed by atoms with Crippen molar-refractivity contribution in [3.8, 4) is 11.5 Å². The van der Waals surface area contributed by atoms with Gasteiger partial charge in [0.15, 0.2) is 5.72 Å². The fraction of sp³-hybridized carbons (Fsp3) is 0.346. The molecule has 0 aliphatic carbocycles. The van der Waals surface area contributed by atoms with E-state index in [2.05, 4.69) is 53.1 Å². The minimum atomic E-state index is -1.18. The summed E-state index contributed by atoms with van der Waals surface area (Å²) >= 11 is 0. The van der Waals surface area contributed by atoms with E-state index in [1.165, 1.54) is 7.11 Å². The SMILES string of the molecule is COc1cc(C(=O)N(C)c2ccc(C)cc2OCCCCCC(=O)N2CCN(C)CC2)ccc1C(=O)Nc1cccc2c1nc(C(C)(C)C)n2C(O[Si])(c1ccccc1)c1ccccc1. The van der Waals surface area contributed by atoms with Gasteiger partial charge in [-0.25, -0.2) is 4.98 Å². The number of aryl methyl sites for hydroxylation is 1. The maximum Gasteiger partial charge on any atom is 0.259 e. The molecule has 7 rings (SSSR count). The first-order valence-electron chi connectivity index (χ1n) is 22.2. The number of unbranched alkanes of at least 4 members (excludes halogenated alkanes) is 2. The van der Waals surface area contributed by atoms with Crippen LogP contribution in [0.5, 0.6) is 11.5 Å². The highest BCUT2D eigenvalue weighted by molar-refractivity contribution is 6.11. The molecule has 337 valence electrons. The molecule has 13 heteroatoms. The van der Waals surface area contributed by atoms with E-state index in [1.54, 1.807) is 30.1 Å². The monoisotopic (exact) mass is 891 g/mol. The van der Waals surface area contributed by atoms with Gasteiger partial charge in [-0.15, -0.1) is 0 Å². The van der Waals surface area contributed by atoms with Crippen LogP contribution in [0, 0.1) is 6.92 Å². The van der Waals surface area contributed by atoms with Crippen molar-refractivity contribution >= 4 is 50.6 Å². The molecule has 1 aliphatic rings. The smallest absolute Gasteiger partial charge is 0.259 e. The lowest BCUT2D eigenvalue weighted by Crippen LogP contribution is -2.47. The number of methoxy groups -OCH3 is 1. The number of carbonyl (C=O) groups is 3. The Morgan fingerprint density at radius 2 is 1.48 bits per heavy atom. The lowest BCUT2D eigenvalue weighted by Gasteiger charge is -2.39. The fourth-order valence-corrected chi connectivity index (χ4v) is 8.74.